The first kappa shape index (κ1) is 20.5. The second-order valence-corrected chi connectivity index (χ2v) is 5.88. The van der Waals surface area contributed by atoms with Crippen LogP contribution in [-0.4, -0.2) is 44.6 Å². The maximum Gasteiger partial charge on any atom is 0.375 e. The smallest absolute Gasteiger partial charge is 0.375 e. The molecule has 1 aromatic rings. The molecule has 134 valence electrons. The lowest BCUT2D eigenvalue weighted by Crippen LogP contribution is -3.11. The number of rotatable bonds is 8. The average Bonchev–Trinajstić information content (AvgIpc) is 2.57. The molecule has 0 aliphatic carbocycles. The number of nitrogens with zero attached hydrogens (tertiary/aromatic N) is 1. The highest BCUT2D eigenvalue weighted by Gasteiger charge is 2.13. The van der Waals surface area contributed by atoms with Crippen LogP contribution in [0.15, 0.2) is 23.2 Å². The van der Waals surface area contributed by atoms with E-state index in [-0.39, 0.29) is 12.4 Å². The Morgan fingerprint density at radius 3 is 2.58 bits per heavy atom. The van der Waals surface area contributed by atoms with E-state index in [2.05, 4.69) is 29.7 Å². The number of esters is 1. The molecule has 6 nitrogen and oxygen atoms in total. The fraction of sp³-hybridized carbons (Fsp3) is 0.500. The first-order chi connectivity index (χ1) is 11.5. The number of hydrogen-bond donors (Lipinski definition) is 3. The molecule has 0 amide bonds. The fourth-order valence-corrected chi connectivity index (χ4v) is 2.34. The first-order valence-electron chi connectivity index (χ1n) is 8.03. The molecule has 0 radical (unpaired) electrons. The minimum absolute atomic E-state index is 0.111. The van der Waals surface area contributed by atoms with Crippen molar-refractivity contribution in [3.05, 3.63) is 28.2 Å². The number of quaternary nitrogens is 1. The first-order valence-corrected chi connectivity index (χ1v) is 8.79. The standard InChI is InChI=1S/C16H24Cl2N4O2/c1-4-22(5-2)10-9-19-15(16(23)24-6-3)21-20-14-11-12(17)7-8-13(14)18/h7-8,11,20H,4-6,9-10H2,1-3H3,(H,19,21)/p+1. The number of ether oxygens (including phenoxy) is 1. The number of halogens is 2. The van der Waals surface area contributed by atoms with E-state index in [0.717, 1.165) is 19.6 Å². The molecule has 1 aromatic carbocycles. The Balaban J connectivity index is 2.74. The molecule has 0 aromatic heterocycles. The van der Waals surface area contributed by atoms with Crippen LogP contribution < -0.4 is 15.8 Å². The highest BCUT2D eigenvalue weighted by Crippen LogP contribution is 2.24. The molecule has 24 heavy (non-hydrogen) atoms. The van der Waals surface area contributed by atoms with Gasteiger partial charge in [-0.1, -0.05) is 23.2 Å². The fourth-order valence-electron chi connectivity index (χ4n) is 2.00. The Morgan fingerprint density at radius 1 is 1.25 bits per heavy atom. The second kappa shape index (κ2) is 11.1. The summed E-state index contributed by atoms with van der Waals surface area (Å²) in [6.07, 6.45) is 0. The lowest BCUT2D eigenvalue weighted by Gasteiger charge is -2.15. The predicted molar refractivity (Wildman–Crippen MR) is 99.1 cm³/mol. The van der Waals surface area contributed by atoms with Crippen molar-refractivity contribution in [2.75, 3.05) is 38.2 Å². The number of anilines is 1. The van der Waals surface area contributed by atoms with Crippen molar-refractivity contribution in [3.8, 4) is 0 Å². The van der Waals surface area contributed by atoms with E-state index in [1.165, 1.54) is 4.90 Å². The number of amidine groups is 1. The minimum atomic E-state index is -0.516. The van der Waals surface area contributed by atoms with E-state index in [4.69, 9.17) is 27.9 Å². The topological polar surface area (TPSA) is 67.2 Å². The normalized spacial score (nSPS) is 11.5. The van der Waals surface area contributed by atoms with Gasteiger partial charge in [-0.05, 0) is 39.0 Å². The molecule has 0 fully saturated rings. The Labute approximate surface area is 153 Å². The van der Waals surface area contributed by atoms with Gasteiger partial charge in [0.15, 0.2) is 0 Å². The zero-order chi connectivity index (χ0) is 17.9. The molecule has 0 bridgehead atoms. The highest BCUT2D eigenvalue weighted by atomic mass is 35.5. The van der Waals surface area contributed by atoms with Crippen molar-refractivity contribution in [2.24, 2.45) is 4.99 Å². The van der Waals surface area contributed by atoms with Crippen molar-refractivity contribution >= 4 is 40.7 Å². The van der Waals surface area contributed by atoms with Crippen LogP contribution in [0.3, 0.4) is 0 Å². The number of benzene rings is 1. The van der Waals surface area contributed by atoms with Crippen LogP contribution in [-0.2, 0) is 9.53 Å². The summed E-state index contributed by atoms with van der Waals surface area (Å²) in [7, 11) is 0. The number of likely N-dealkylation sites (N-methyl/N-ethyl adjacent to an activating group) is 1. The van der Waals surface area contributed by atoms with Crippen LogP contribution >= 0.6 is 23.2 Å². The van der Waals surface area contributed by atoms with Gasteiger partial charge < -0.3 is 9.64 Å². The Hall–Kier alpha value is -1.50. The van der Waals surface area contributed by atoms with Gasteiger partial charge in [0.25, 0.3) is 0 Å². The molecule has 0 aliphatic rings. The number of carbonyl (C=O) groups excluding carboxylic acids is 1. The summed E-state index contributed by atoms with van der Waals surface area (Å²) >= 11 is 12.0. The van der Waals surface area contributed by atoms with E-state index in [1.54, 1.807) is 25.1 Å². The number of hydrazine groups is 1. The van der Waals surface area contributed by atoms with E-state index < -0.39 is 5.97 Å². The van der Waals surface area contributed by atoms with Crippen molar-refractivity contribution in [1.29, 1.82) is 0 Å². The maximum absolute atomic E-state index is 12.0. The zero-order valence-corrected chi connectivity index (χ0v) is 15.8. The molecule has 1 rings (SSSR count). The molecule has 0 saturated carbocycles. The van der Waals surface area contributed by atoms with E-state index in [1.807, 2.05) is 0 Å². The third-order valence-corrected chi connectivity index (χ3v) is 4.01. The largest absolute Gasteiger partial charge is 0.460 e. The van der Waals surface area contributed by atoms with Gasteiger partial charge in [-0.3, -0.25) is 15.8 Å². The second-order valence-electron chi connectivity index (χ2n) is 5.03. The molecule has 0 saturated heterocycles. The third-order valence-electron chi connectivity index (χ3n) is 3.45. The molecular formula is C16H25Cl2N4O2+. The van der Waals surface area contributed by atoms with Crippen molar-refractivity contribution in [3.63, 3.8) is 0 Å². The minimum Gasteiger partial charge on any atom is -0.460 e. The quantitative estimate of drug-likeness (QED) is 0.280. The van der Waals surface area contributed by atoms with Crippen LogP contribution in [0.25, 0.3) is 0 Å². The molecule has 0 heterocycles. The van der Waals surface area contributed by atoms with Crippen LogP contribution in [0.4, 0.5) is 5.69 Å². The van der Waals surface area contributed by atoms with Gasteiger partial charge in [-0.25, -0.2) is 4.79 Å². The zero-order valence-electron chi connectivity index (χ0n) is 14.3. The van der Waals surface area contributed by atoms with Gasteiger partial charge in [0.2, 0.25) is 5.84 Å². The van der Waals surface area contributed by atoms with Gasteiger partial charge in [-0.15, -0.1) is 0 Å². The van der Waals surface area contributed by atoms with Gasteiger partial charge in [-0.2, -0.15) is 0 Å². The van der Waals surface area contributed by atoms with E-state index in [0.29, 0.717) is 22.3 Å². The summed E-state index contributed by atoms with van der Waals surface area (Å²) in [5, 5.41) is 1.01. The van der Waals surface area contributed by atoms with Crippen molar-refractivity contribution in [2.45, 2.75) is 20.8 Å². The lowest BCUT2D eigenvalue weighted by molar-refractivity contribution is -0.894. The molecule has 0 atom stereocenters. The SMILES string of the molecule is CCOC(=O)C(=NCC[NH+](CC)CC)NNc1cc(Cl)ccc1Cl. The molecule has 0 unspecified atom stereocenters. The van der Waals surface area contributed by atoms with Crippen molar-refractivity contribution in [1.82, 2.24) is 5.43 Å². The number of aliphatic imine (C=N–C) groups is 1. The maximum atomic E-state index is 12.0. The summed E-state index contributed by atoms with van der Waals surface area (Å²) in [4.78, 5) is 17.7. The van der Waals surface area contributed by atoms with Gasteiger partial charge in [0, 0.05) is 5.02 Å². The van der Waals surface area contributed by atoms with Crippen LogP contribution in [0, 0.1) is 0 Å². The summed E-state index contributed by atoms with van der Waals surface area (Å²) in [5.41, 5.74) is 6.18. The van der Waals surface area contributed by atoms with Gasteiger partial charge in [0.1, 0.15) is 0 Å². The van der Waals surface area contributed by atoms with Crippen molar-refractivity contribution < 1.29 is 14.4 Å². The third kappa shape index (κ3) is 6.95. The molecule has 0 spiro atoms. The monoisotopic (exact) mass is 375 g/mol. The average molecular weight is 376 g/mol. The molecule has 0 aliphatic heterocycles. The van der Waals surface area contributed by atoms with Crippen LogP contribution in [0.1, 0.15) is 20.8 Å². The van der Waals surface area contributed by atoms with Crippen LogP contribution in [0.5, 0.6) is 0 Å². The highest BCUT2D eigenvalue weighted by molar-refractivity contribution is 6.36. The van der Waals surface area contributed by atoms with Gasteiger partial charge >= 0.3 is 5.97 Å². The Kier molecular flexibility index (Phi) is 9.52. The summed E-state index contributed by atoms with van der Waals surface area (Å²) < 4.78 is 5.02. The summed E-state index contributed by atoms with van der Waals surface area (Å²) in [5.74, 6) is -0.405. The van der Waals surface area contributed by atoms with Crippen LogP contribution in [0.2, 0.25) is 10.0 Å². The van der Waals surface area contributed by atoms with E-state index >= 15 is 0 Å². The molecular weight excluding hydrogens is 351 g/mol. The summed E-state index contributed by atoms with van der Waals surface area (Å²) in [6.45, 7) is 9.66. The number of nitrogens with one attached hydrogen (secondary N) is 3. The predicted octanol–water partition coefficient (Wildman–Crippen LogP) is 1.80. The number of hydrogen-bond acceptors (Lipinski definition) is 4. The number of carbonyl (C=O) groups is 1. The Morgan fingerprint density at radius 2 is 1.96 bits per heavy atom. The van der Waals surface area contributed by atoms with E-state index in [9.17, 15) is 4.79 Å². The lowest BCUT2D eigenvalue weighted by atomic mass is 10.3. The van der Waals surface area contributed by atoms with Gasteiger partial charge in [0.05, 0.1) is 43.5 Å². The molecule has 3 N–H and O–H groups in total. The molecule has 8 heteroatoms. The Bertz CT molecular complexity index is 563. The summed E-state index contributed by atoms with van der Waals surface area (Å²) in [6, 6.07) is 5.00.